The number of halogens is 1. The van der Waals surface area contributed by atoms with Gasteiger partial charge in [0.1, 0.15) is 0 Å². The van der Waals surface area contributed by atoms with Crippen molar-refractivity contribution in [2.45, 2.75) is 0 Å². The molecule has 126 valence electrons. The van der Waals surface area contributed by atoms with Gasteiger partial charge in [0.05, 0.1) is 18.0 Å². The van der Waals surface area contributed by atoms with Gasteiger partial charge in [-0.1, -0.05) is 41.9 Å². The third kappa shape index (κ3) is 3.39. The summed E-state index contributed by atoms with van der Waals surface area (Å²) in [4.78, 5) is 27.1. The SMILES string of the molecule is O=C(O)C(C(=O)O)=C1CN=C(c2ccccc2)c2cc(Cl)ccc2N1. The van der Waals surface area contributed by atoms with Crippen LogP contribution in [0.1, 0.15) is 11.1 Å². The average molecular weight is 357 g/mol. The summed E-state index contributed by atoms with van der Waals surface area (Å²) in [5, 5.41) is 21.8. The molecule has 0 bridgehead atoms. The summed E-state index contributed by atoms with van der Waals surface area (Å²) in [5.74, 6) is -3.05. The Labute approximate surface area is 148 Å². The molecule has 0 unspecified atom stereocenters. The molecule has 1 aliphatic heterocycles. The highest BCUT2D eigenvalue weighted by molar-refractivity contribution is 6.31. The lowest BCUT2D eigenvalue weighted by atomic mass is 10.0. The zero-order valence-corrected chi connectivity index (χ0v) is 13.6. The summed E-state index contributed by atoms with van der Waals surface area (Å²) in [6.45, 7) is -0.107. The molecule has 1 aliphatic rings. The van der Waals surface area contributed by atoms with Crippen molar-refractivity contribution in [3.05, 3.63) is 76.0 Å². The standard InChI is InChI=1S/C18H13ClN2O4/c19-11-6-7-13-12(8-11)16(10-4-2-1-3-5-10)20-9-14(21-13)15(17(22)23)18(24)25/h1-8,21H,9H2,(H,22,23)(H,24,25). The minimum atomic E-state index is -1.52. The second-order valence-electron chi connectivity index (χ2n) is 5.31. The molecule has 0 radical (unpaired) electrons. The van der Waals surface area contributed by atoms with Gasteiger partial charge in [0.15, 0.2) is 5.57 Å². The van der Waals surface area contributed by atoms with E-state index in [1.807, 2.05) is 30.3 Å². The first-order valence-electron chi connectivity index (χ1n) is 7.34. The zero-order valence-electron chi connectivity index (χ0n) is 12.9. The molecule has 1 heterocycles. The highest BCUT2D eigenvalue weighted by Gasteiger charge is 2.25. The molecule has 2 aromatic rings. The molecule has 3 rings (SSSR count). The Morgan fingerprint density at radius 2 is 1.72 bits per heavy atom. The van der Waals surface area contributed by atoms with E-state index < -0.39 is 17.5 Å². The van der Waals surface area contributed by atoms with Gasteiger partial charge in [0, 0.05) is 21.8 Å². The van der Waals surface area contributed by atoms with Gasteiger partial charge in [0.25, 0.3) is 0 Å². The maximum Gasteiger partial charge on any atom is 0.345 e. The number of aliphatic imine (C=N–C) groups is 1. The Bertz CT molecular complexity index is 904. The van der Waals surface area contributed by atoms with Crippen molar-refractivity contribution >= 4 is 34.9 Å². The third-order valence-corrected chi connectivity index (χ3v) is 3.93. The van der Waals surface area contributed by atoms with E-state index in [0.29, 0.717) is 22.0 Å². The van der Waals surface area contributed by atoms with Crippen LogP contribution in [0.15, 0.2) is 64.8 Å². The molecule has 3 N–H and O–H groups in total. The van der Waals surface area contributed by atoms with Crippen LogP contribution in [0.25, 0.3) is 0 Å². The predicted molar refractivity (Wildman–Crippen MR) is 94.3 cm³/mol. The number of rotatable bonds is 3. The van der Waals surface area contributed by atoms with Crippen molar-refractivity contribution in [3.8, 4) is 0 Å². The van der Waals surface area contributed by atoms with E-state index in [0.717, 1.165) is 5.56 Å². The molecule has 2 aromatic carbocycles. The van der Waals surface area contributed by atoms with Crippen molar-refractivity contribution in [2.75, 3.05) is 11.9 Å². The largest absolute Gasteiger partial charge is 0.477 e. The van der Waals surface area contributed by atoms with E-state index in [9.17, 15) is 19.8 Å². The molecule has 0 fully saturated rings. The number of benzene rings is 2. The molecule has 0 spiro atoms. The average Bonchev–Trinajstić information content (AvgIpc) is 2.74. The predicted octanol–water partition coefficient (Wildman–Crippen LogP) is 3.03. The van der Waals surface area contributed by atoms with Crippen LogP contribution in [0.5, 0.6) is 0 Å². The zero-order chi connectivity index (χ0) is 18.0. The second-order valence-corrected chi connectivity index (χ2v) is 5.75. The van der Waals surface area contributed by atoms with Crippen molar-refractivity contribution in [3.63, 3.8) is 0 Å². The first-order chi connectivity index (χ1) is 12.0. The van der Waals surface area contributed by atoms with Gasteiger partial charge in [-0.05, 0) is 18.2 Å². The number of nitrogens with one attached hydrogen (secondary N) is 1. The lowest BCUT2D eigenvalue weighted by molar-refractivity contribution is -0.140. The first kappa shape index (κ1) is 16.7. The van der Waals surface area contributed by atoms with Crippen LogP contribution >= 0.6 is 11.6 Å². The van der Waals surface area contributed by atoms with E-state index >= 15 is 0 Å². The third-order valence-electron chi connectivity index (χ3n) is 3.69. The topological polar surface area (TPSA) is 99.0 Å². The lowest BCUT2D eigenvalue weighted by Crippen LogP contribution is -2.19. The van der Waals surface area contributed by atoms with Crippen molar-refractivity contribution < 1.29 is 19.8 Å². The van der Waals surface area contributed by atoms with Gasteiger partial charge in [-0.25, -0.2) is 9.59 Å². The number of carboxylic acids is 2. The van der Waals surface area contributed by atoms with Gasteiger partial charge in [0.2, 0.25) is 0 Å². The lowest BCUT2D eigenvalue weighted by Gasteiger charge is -2.12. The smallest absolute Gasteiger partial charge is 0.345 e. The monoisotopic (exact) mass is 356 g/mol. The van der Waals surface area contributed by atoms with Crippen LogP contribution in [0.2, 0.25) is 5.02 Å². The van der Waals surface area contributed by atoms with Crippen LogP contribution < -0.4 is 5.32 Å². The number of nitrogens with zero attached hydrogens (tertiary/aromatic N) is 1. The molecule has 0 saturated heterocycles. The summed E-state index contributed by atoms with van der Waals surface area (Å²) >= 11 is 6.10. The highest BCUT2D eigenvalue weighted by Crippen LogP contribution is 2.28. The molecular weight excluding hydrogens is 344 g/mol. The van der Waals surface area contributed by atoms with Crippen molar-refractivity contribution in [1.29, 1.82) is 0 Å². The minimum absolute atomic E-state index is 0.00880. The molecule has 25 heavy (non-hydrogen) atoms. The first-order valence-corrected chi connectivity index (χ1v) is 7.71. The van der Waals surface area contributed by atoms with E-state index in [1.165, 1.54) is 0 Å². The van der Waals surface area contributed by atoms with Gasteiger partial charge in [-0.2, -0.15) is 0 Å². The maximum absolute atomic E-state index is 11.3. The Hall–Kier alpha value is -3.12. The number of benzodiazepines with no additional fused rings is 1. The van der Waals surface area contributed by atoms with E-state index in [2.05, 4.69) is 10.3 Å². The fourth-order valence-electron chi connectivity index (χ4n) is 2.60. The number of hydrogen-bond donors (Lipinski definition) is 3. The number of carbonyl (C=O) groups is 2. The fraction of sp³-hybridized carbons (Fsp3) is 0.0556. The molecule has 0 amide bonds. The Morgan fingerprint density at radius 3 is 2.36 bits per heavy atom. The molecule has 0 aliphatic carbocycles. The summed E-state index contributed by atoms with van der Waals surface area (Å²) in [6, 6.07) is 14.3. The summed E-state index contributed by atoms with van der Waals surface area (Å²) < 4.78 is 0. The van der Waals surface area contributed by atoms with Crippen LogP contribution in [-0.2, 0) is 9.59 Å². The van der Waals surface area contributed by atoms with Crippen LogP contribution in [0.3, 0.4) is 0 Å². The number of aliphatic carboxylic acids is 2. The van der Waals surface area contributed by atoms with Crippen LogP contribution in [0, 0.1) is 0 Å². The highest BCUT2D eigenvalue weighted by atomic mass is 35.5. The molecule has 7 heteroatoms. The van der Waals surface area contributed by atoms with E-state index in [-0.39, 0.29) is 12.2 Å². The summed E-state index contributed by atoms with van der Waals surface area (Å²) in [5.41, 5.74) is 1.91. The Morgan fingerprint density at radius 1 is 1.04 bits per heavy atom. The summed E-state index contributed by atoms with van der Waals surface area (Å²) in [7, 11) is 0. The molecular formula is C18H13ClN2O4. The van der Waals surface area contributed by atoms with Gasteiger partial charge >= 0.3 is 11.9 Å². The van der Waals surface area contributed by atoms with Crippen LogP contribution in [0.4, 0.5) is 5.69 Å². The fourth-order valence-corrected chi connectivity index (χ4v) is 2.77. The molecule has 0 atom stereocenters. The number of hydrogen-bond acceptors (Lipinski definition) is 4. The van der Waals surface area contributed by atoms with Crippen LogP contribution in [-0.4, -0.2) is 34.4 Å². The number of fused-ring (bicyclic) bond motifs is 1. The normalized spacial score (nSPS) is 13.2. The van der Waals surface area contributed by atoms with E-state index in [4.69, 9.17) is 11.6 Å². The molecule has 0 aromatic heterocycles. The van der Waals surface area contributed by atoms with Crippen molar-refractivity contribution in [2.24, 2.45) is 4.99 Å². The second kappa shape index (κ2) is 6.78. The number of anilines is 1. The van der Waals surface area contributed by atoms with Gasteiger partial charge in [-0.3, -0.25) is 4.99 Å². The summed E-state index contributed by atoms with van der Waals surface area (Å²) in [6.07, 6.45) is 0. The Kier molecular flexibility index (Phi) is 4.54. The maximum atomic E-state index is 11.3. The Balaban J connectivity index is 2.22. The van der Waals surface area contributed by atoms with E-state index in [1.54, 1.807) is 18.2 Å². The minimum Gasteiger partial charge on any atom is -0.477 e. The van der Waals surface area contributed by atoms with Crippen molar-refractivity contribution in [1.82, 2.24) is 0 Å². The number of carboxylic acid groups (broad SMARTS) is 2. The molecule has 0 saturated carbocycles. The van der Waals surface area contributed by atoms with Gasteiger partial charge in [-0.15, -0.1) is 0 Å². The molecule has 6 nitrogen and oxygen atoms in total. The quantitative estimate of drug-likeness (QED) is 0.446. The van der Waals surface area contributed by atoms with Gasteiger partial charge < -0.3 is 15.5 Å².